The van der Waals surface area contributed by atoms with Crippen LogP contribution < -0.4 is 5.32 Å². The highest BCUT2D eigenvalue weighted by atomic mass is 79.9. The zero-order chi connectivity index (χ0) is 21.7. The van der Waals surface area contributed by atoms with Crippen LogP contribution in [0.1, 0.15) is 11.1 Å². The highest BCUT2D eigenvalue weighted by Crippen LogP contribution is 2.34. The van der Waals surface area contributed by atoms with Crippen molar-refractivity contribution in [3.8, 4) is 0 Å². The molecule has 5 nitrogen and oxygen atoms in total. The molecule has 1 aliphatic rings. The van der Waals surface area contributed by atoms with E-state index in [1.165, 1.54) is 18.2 Å². The zero-order valence-electron chi connectivity index (χ0n) is 16.1. The maximum absolute atomic E-state index is 13.1. The number of hydrogen-bond acceptors (Lipinski definition) is 3. The second-order valence-electron chi connectivity index (χ2n) is 7.05. The molecule has 1 heterocycles. The molecule has 2 aromatic rings. The standard InChI is InChI=1S/C21H21BrF3N3O2/c22-16-7-5-15(6-8-16)13-20(30)28-11-9-27(10-12-28)14-19(29)26-18-4-2-1-3-17(18)21(23,24)25/h1-8H,9-14H2,(H,26,29). The van der Waals surface area contributed by atoms with Gasteiger partial charge in [0, 0.05) is 30.7 Å². The van der Waals surface area contributed by atoms with E-state index in [-0.39, 0.29) is 18.1 Å². The second kappa shape index (κ2) is 9.61. The van der Waals surface area contributed by atoms with Crippen LogP contribution in [-0.4, -0.2) is 54.3 Å². The van der Waals surface area contributed by atoms with Crippen molar-refractivity contribution >= 4 is 33.4 Å². The lowest BCUT2D eigenvalue weighted by Gasteiger charge is -2.34. The number of anilines is 1. The summed E-state index contributed by atoms with van der Waals surface area (Å²) in [5, 5.41) is 2.35. The van der Waals surface area contributed by atoms with E-state index in [4.69, 9.17) is 0 Å². The summed E-state index contributed by atoms with van der Waals surface area (Å²) in [4.78, 5) is 28.3. The highest BCUT2D eigenvalue weighted by Gasteiger charge is 2.33. The third kappa shape index (κ3) is 6.06. The van der Waals surface area contributed by atoms with Crippen LogP contribution in [0, 0.1) is 0 Å². The van der Waals surface area contributed by atoms with E-state index in [0.717, 1.165) is 16.1 Å². The molecule has 0 radical (unpaired) electrons. The predicted octanol–water partition coefficient (Wildman–Crippen LogP) is 3.79. The lowest BCUT2D eigenvalue weighted by Crippen LogP contribution is -2.50. The van der Waals surface area contributed by atoms with Crippen molar-refractivity contribution in [2.24, 2.45) is 0 Å². The summed E-state index contributed by atoms with van der Waals surface area (Å²) in [5.41, 5.74) is -0.201. The van der Waals surface area contributed by atoms with Gasteiger partial charge in [0.25, 0.3) is 0 Å². The van der Waals surface area contributed by atoms with E-state index >= 15 is 0 Å². The molecular formula is C21H21BrF3N3O2. The summed E-state index contributed by atoms with van der Waals surface area (Å²) in [6, 6.07) is 12.4. The van der Waals surface area contributed by atoms with Crippen LogP contribution >= 0.6 is 15.9 Å². The first kappa shape index (κ1) is 22.3. The number of carbonyl (C=O) groups excluding carboxylic acids is 2. The first-order valence-corrected chi connectivity index (χ1v) is 10.2. The number of halogens is 4. The van der Waals surface area contributed by atoms with Crippen LogP contribution in [0.25, 0.3) is 0 Å². The van der Waals surface area contributed by atoms with Gasteiger partial charge in [-0.2, -0.15) is 13.2 Å². The summed E-state index contributed by atoms with van der Waals surface area (Å²) < 4.78 is 40.1. The normalized spacial score (nSPS) is 15.1. The Labute approximate surface area is 181 Å². The van der Waals surface area contributed by atoms with Crippen molar-refractivity contribution < 1.29 is 22.8 Å². The van der Waals surface area contributed by atoms with Gasteiger partial charge < -0.3 is 10.2 Å². The molecule has 0 aliphatic carbocycles. The molecule has 9 heteroatoms. The van der Waals surface area contributed by atoms with Gasteiger partial charge in [-0.1, -0.05) is 40.2 Å². The van der Waals surface area contributed by atoms with E-state index in [1.54, 1.807) is 4.90 Å². The quantitative estimate of drug-likeness (QED) is 0.703. The van der Waals surface area contributed by atoms with Gasteiger partial charge in [0.2, 0.25) is 11.8 Å². The Hall–Kier alpha value is -2.39. The van der Waals surface area contributed by atoms with Crippen molar-refractivity contribution in [3.63, 3.8) is 0 Å². The van der Waals surface area contributed by atoms with Gasteiger partial charge in [-0.3, -0.25) is 14.5 Å². The lowest BCUT2D eigenvalue weighted by atomic mass is 10.1. The fourth-order valence-electron chi connectivity index (χ4n) is 3.28. The Morgan fingerprint density at radius 1 is 0.967 bits per heavy atom. The van der Waals surface area contributed by atoms with E-state index in [9.17, 15) is 22.8 Å². The fourth-order valence-corrected chi connectivity index (χ4v) is 3.54. The van der Waals surface area contributed by atoms with Gasteiger partial charge in [0.1, 0.15) is 0 Å². The number of benzene rings is 2. The zero-order valence-corrected chi connectivity index (χ0v) is 17.7. The Balaban J connectivity index is 1.48. The van der Waals surface area contributed by atoms with Gasteiger partial charge in [-0.05, 0) is 29.8 Å². The summed E-state index contributed by atoms with van der Waals surface area (Å²) in [7, 11) is 0. The van der Waals surface area contributed by atoms with Crippen LogP contribution in [0.3, 0.4) is 0 Å². The average Bonchev–Trinajstić information content (AvgIpc) is 2.70. The Morgan fingerprint density at radius 2 is 1.60 bits per heavy atom. The molecule has 0 bridgehead atoms. The molecule has 0 aromatic heterocycles. The third-order valence-corrected chi connectivity index (χ3v) is 5.40. The third-order valence-electron chi connectivity index (χ3n) is 4.87. The van der Waals surface area contributed by atoms with Crippen molar-refractivity contribution in [1.82, 2.24) is 9.80 Å². The summed E-state index contributed by atoms with van der Waals surface area (Å²) in [6.45, 7) is 1.89. The van der Waals surface area contributed by atoms with E-state index in [1.807, 2.05) is 29.2 Å². The van der Waals surface area contributed by atoms with Crippen LogP contribution in [0.2, 0.25) is 0 Å². The van der Waals surface area contributed by atoms with Gasteiger partial charge in [0.05, 0.1) is 24.2 Å². The first-order chi connectivity index (χ1) is 14.2. The minimum atomic E-state index is -4.54. The molecule has 0 atom stereocenters. The molecule has 1 aliphatic heterocycles. The molecule has 30 heavy (non-hydrogen) atoms. The van der Waals surface area contributed by atoms with Crippen molar-refractivity contribution in [3.05, 3.63) is 64.1 Å². The number of rotatable bonds is 5. The van der Waals surface area contributed by atoms with Gasteiger partial charge >= 0.3 is 6.18 Å². The molecular weight excluding hydrogens is 463 g/mol. The van der Waals surface area contributed by atoms with Crippen LogP contribution in [0.15, 0.2) is 53.0 Å². The summed E-state index contributed by atoms with van der Waals surface area (Å²) >= 11 is 3.36. The number of hydrogen-bond donors (Lipinski definition) is 1. The topological polar surface area (TPSA) is 52.7 Å². The largest absolute Gasteiger partial charge is 0.418 e. The molecule has 1 saturated heterocycles. The Kier molecular flexibility index (Phi) is 7.14. The molecule has 160 valence electrons. The van der Waals surface area contributed by atoms with Crippen LogP contribution in [-0.2, 0) is 22.2 Å². The first-order valence-electron chi connectivity index (χ1n) is 9.43. The molecule has 2 aromatic carbocycles. The van der Waals surface area contributed by atoms with E-state index in [2.05, 4.69) is 21.2 Å². The maximum Gasteiger partial charge on any atom is 0.418 e. The van der Waals surface area contributed by atoms with Crippen LogP contribution in [0.4, 0.5) is 18.9 Å². The number of alkyl halides is 3. The number of amides is 2. The SMILES string of the molecule is O=C(CN1CCN(C(=O)Cc2ccc(Br)cc2)CC1)Nc1ccccc1C(F)(F)F. The number of carbonyl (C=O) groups is 2. The number of piperazine rings is 1. The smallest absolute Gasteiger partial charge is 0.340 e. The highest BCUT2D eigenvalue weighted by molar-refractivity contribution is 9.10. The summed E-state index contributed by atoms with van der Waals surface area (Å²) in [6.07, 6.45) is -4.23. The Morgan fingerprint density at radius 3 is 2.23 bits per heavy atom. The van der Waals surface area contributed by atoms with E-state index in [0.29, 0.717) is 32.6 Å². The second-order valence-corrected chi connectivity index (χ2v) is 7.97. The molecule has 0 saturated carbocycles. The van der Waals surface area contributed by atoms with Crippen molar-refractivity contribution in [2.75, 3.05) is 38.0 Å². The maximum atomic E-state index is 13.1. The van der Waals surface area contributed by atoms with Gasteiger partial charge in [-0.25, -0.2) is 0 Å². The monoisotopic (exact) mass is 483 g/mol. The minimum Gasteiger partial charge on any atom is -0.340 e. The molecule has 0 spiro atoms. The van der Waals surface area contributed by atoms with Crippen molar-refractivity contribution in [1.29, 1.82) is 0 Å². The predicted molar refractivity (Wildman–Crippen MR) is 111 cm³/mol. The number of para-hydroxylation sites is 1. The minimum absolute atomic E-state index is 0.0144. The van der Waals surface area contributed by atoms with Gasteiger partial charge in [-0.15, -0.1) is 0 Å². The van der Waals surface area contributed by atoms with Gasteiger partial charge in [0.15, 0.2) is 0 Å². The summed E-state index contributed by atoms with van der Waals surface area (Å²) in [5.74, 6) is -0.498. The molecule has 3 rings (SSSR count). The van der Waals surface area contributed by atoms with E-state index < -0.39 is 17.6 Å². The Bertz CT molecular complexity index is 895. The molecule has 1 N–H and O–H groups in total. The number of nitrogens with one attached hydrogen (secondary N) is 1. The molecule has 0 unspecified atom stereocenters. The average molecular weight is 484 g/mol. The fraction of sp³-hybridized carbons (Fsp3) is 0.333. The molecule has 1 fully saturated rings. The molecule has 2 amide bonds. The lowest BCUT2D eigenvalue weighted by molar-refractivity contribution is -0.137. The number of nitrogens with zero attached hydrogens (tertiary/aromatic N) is 2. The van der Waals surface area contributed by atoms with Crippen molar-refractivity contribution in [2.45, 2.75) is 12.6 Å². The van der Waals surface area contributed by atoms with Crippen LogP contribution in [0.5, 0.6) is 0 Å².